The maximum Gasteiger partial charge on any atom is 0.267 e. The first-order chi connectivity index (χ1) is 13.2. The Balaban J connectivity index is 1.94. The van der Waals surface area contributed by atoms with Crippen LogP contribution in [0.5, 0.6) is 0 Å². The van der Waals surface area contributed by atoms with Crippen LogP contribution in [0.3, 0.4) is 0 Å². The first kappa shape index (κ1) is 18.3. The Bertz CT molecular complexity index is 1240. The number of amides is 1. The van der Waals surface area contributed by atoms with Crippen LogP contribution in [0.15, 0.2) is 48.7 Å². The fourth-order valence-corrected chi connectivity index (χ4v) is 4.53. The molecule has 5 nitrogen and oxygen atoms in total. The molecular weight excluding hydrogens is 379 g/mol. The molecule has 0 bridgehead atoms. The van der Waals surface area contributed by atoms with E-state index in [1.54, 1.807) is 24.3 Å². The van der Waals surface area contributed by atoms with Gasteiger partial charge in [0, 0.05) is 30.0 Å². The molecule has 7 heteroatoms. The molecule has 1 aromatic heterocycles. The molecule has 3 aromatic rings. The minimum Gasteiger partial charge on any atom is -0.364 e. The zero-order valence-electron chi connectivity index (χ0n) is 15.1. The van der Waals surface area contributed by atoms with E-state index in [0.29, 0.717) is 28.7 Å². The molecule has 1 amide bonds. The summed E-state index contributed by atoms with van der Waals surface area (Å²) in [5.74, 6) is -1.11. The molecular formula is C21H17FN2O3S. The number of benzene rings is 2. The highest BCUT2D eigenvalue weighted by Gasteiger charge is 2.28. The van der Waals surface area contributed by atoms with Crippen molar-refractivity contribution in [2.75, 3.05) is 6.26 Å². The number of fused-ring (bicyclic) bond motifs is 3. The van der Waals surface area contributed by atoms with E-state index in [4.69, 9.17) is 5.73 Å². The number of aromatic nitrogens is 1. The second kappa shape index (κ2) is 6.53. The van der Waals surface area contributed by atoms with Gasteiger partial charge in [-0.05, 0) is 33.9 Å². The number of rotatable bonds is 4. The Hall–Kier alpha value is -3.06. The lowest BCUT2D eigenvalue weighted by molar-refractivity contribution is 0.0995. The van der Waals surface area contributed by atoms with Crippen LogP contribution in [0, 0.1) is 5.82 Å². The SMILES string of the molecule is CS(=O)(=O)Cc1ccc2c(c1)Cc1c(C(N)=O)ncc(-c3ccccc3F)c1-2. The molecule has 142 valence electrons. The number of sulfone groups is 1. The molecule has 0 atom stereocenters. The van der Waals surface area contributed by atoms with E-state index >= 15 is 0 Å². The molecule has 1 aliphatic rings. The number of carbonyl (C=O) groups excluding carboxylic acids is 1. The van der Waals surface area contributed by atoms with Gasteiger partial charge >= 0.3 is 0 Å². The van der Waals surface area contributed by atoms with Crippen LogP contribution in [-0.4, -0.2) is 25.6 Å². The third-order valence-corrected chi connectivity index (χ3v) is 5.67. The highest BCUT2D eigenvalue weighted by molar-refractivity contribution is 7.89. The first-order valence-corrected chi connectivity index (χ1v) is 10.7. The van der Waals surface area contributed by atoms with Crippen molar-refractivity contribution in [1.29, 1.82) is 0 Å². The summed E-state index contributed by atoms with van der Waals surface area (Å²) in [7, 11) is -3.18. The van der Waals surface area contributed by atoms with Crippen LogP contribution in [0.2, 0.25) is 0 Å². The lowest BCUT2D eigenvalue weighted by Crippen LogP contribution is -2.16. The molecule has 0 spiro atoms. The van der Waals surface area contributed by atoms with Crippen molar-refractivity contribution in [1.82, 2.24) is 4.98 Å². The summed E-state index contributed by atoms with van der Waals surface area (Å²) in [6, 6.07) is 11.7. The van der Waals surface area contributed by atoms with E-state index in [1.807, 2.05) is 12.1 Å². The summed E-state index contributed by atoms with van der Waals surface area (Å²) < 4.78 is 37.7. The van der Waals surface area contributed by atoms with Crippen LogP contribution in [-0.2, 0) is 22.0 Å². The fraction of sp³-hybridized carbons (Fsp3) is 0.143. The molecule has 1 aliphatic carbocycles. The minimum absolute atomic E-state index is 0.0717. The zero-order valence-corrected chi connectivity index (χ0v) is 15.9. The predicted octanol–water partition coefficient (Wildman–Crippen LogP) is 3.10. The van der Waals surface area contributed by atoms with Gasteiger partial charge in [0.2, 0.25) is 0 Å². The number of nitrogens with zero attached hydrogens (tertiary/aromatic N) is 1. The average molecular weight is 396 g/mol. The van der Waals surface area contributed by atoms with Gasteiger partial charge in [-0.25, -0.2) is 12.8 Å². The zero-order chi connectivity index (χ0) is 20.1. The van der Waals surface area contributed by atoms with Crippen molar-refractivity contribution in [2.24, 2.45) is 5.73 Å². The molecule has 0 aliphatic heterocycles. The predicted molar refractivity (Wildman–Crippen MR) is 105 cm³/mol. The lowest BCUT2D eigenvalue weighted by Gasteiger charge is -2.12. The highest BCUT2D eigenvalue weighted by Crippen LogP contribution is 2.44. The second-order valence-corrected chi connectivity index (χ2v) is 9.10. The van der Waals surface area contributed by atoms with Crippen LogP contribution < -0.4 is 5.73 Å². The van der Waals surface area contributed by atoms with Crippen LogP contribution in [0.25, 0.3) is 22.3 Å². The van der Waals surface area contributed by atoms with Crippen LogP contribution in [0.1, 0.15) is 27.2 Å². The molecule has 4 rings (SSSR count). The minimum atomic E-state index is -3.18. The van der Waals surface area contributed by atoms with Crippen molar-refractivity contribution in [3.05, 3.63) is 76.9 Å². The Morgan fingerprint density at radius 1 is 1.14 bits per heavy atom. The summed E-state index contributed by atoms with van der Waals surface area (Å²) in [5.41, 5.74) is 10.3. The highest BCUT2D eigenvalue weighted by atomic mass is 32.2. The maximum atomic E-state index is 14.4. The molecule has 0 fully saturated rings. The molecule has 1 heterocycles. The second-order valence-electron chi connectivity index (χ2n) is 6.96. The Morgan fingerprint density at radius 2 is 1.89 bits per heavy atom. The van der Waals surface area contributed by atoms with Gasteiger partial charge in [-0.2, -0.15) is 0 Å². The molecule has 0 saturated heterocycles. The summed E-state index contributed by atoms with van der Waals surface area (Å²) in [6.45, 7) is 0. The Morgan fingerprint density at radius 3 is 2.57 bits per heavy atom. The van der Waals surface area contributed by atoms with Crippen molar-refractivity contribution in [3.63, 3.8) is 0 Å². The Labute approximate surface area is 162 Å². The smallest absolute Gasteiger partial charge is 0.267 e. The number of carbonyl (C=O) groups is 1. The standard InChI is InChI=1S/C21H17FN2O3S/c1-28(26,27)11-12-6-7-14-13(8-12)9-16-19(14)17(10-24-20(16)21(23)25)15-4-2-3-5-18(15)22/h2-8,10H,9,11H2,1H3,(H2,23,25). The maximum absolute atomic E-state index is 14.4. The number of primary amides is 1. The van der Waals surface area contributed by atoms with Gasteiger partial charge in [0.05, 0.1) is 5.75 Å². The van der Waals surface area contributed by atoms with Gasteiger partial charge in [-0.1, -0.05) is 36.4 Å². The van der Waals surface area contributed by atoms with Crippen molar-refractivity contribution in [2.45, 2.75) is 12.2 Å². The van der Waals surface area contributed by atoms with Gasteiger partial charge in [0.15, 0.2) is 9.84 Å². The van der Waals surface area contributed by atoms with Crippen LogP contribution >= 0.6 is 0 Å². The average Bonchev–Trinajstić information content (AvgIpc) is 2.98. The Kier molecular flexibility index (Phi) is 4.27. The number of hydrogen-bond donors (Lipinski definition) is 1. The fourth-order valence-electron chi connectivity index (χ4n) is 3.75. The number of nitrogens with two attached hydrogens (primary N) is 1. The van der Waals surface area contributed by atoms with Crippen molar-refractivity contribution < 1.29 is 17.6 Å². The van der Waals surface area contributed by atoms with Gasteiger partial charge in [0.25, 0.3) is 5.91 Å². The quantitative estimate of drug-likeness (QED) is 0.574. The monoisotopic (exact) mass is 396 g/mol. The molecule has 0 radical (unpaired) electrons. The molecule has 0 saturated carbocycles. The van der Waals surface area contributed by atoms with E-state index in [1.165, 1.54) is 18.5 Å². The van der Waals surface area contributed by atoms with Gasteiger partial charge in [-0.15, -0.1) is 0 Å². The third kappa shape index (κ3) is 3.18. The van der Waals surface area contributed by atoms with Gasteiger partial charge in [0.1, 0.15) is 11.5 Å². The number of halogens is 1. The van der Waals surface area contributed by atoms with Crippen LogP contribution in [0.4, 0.5) is 4.39 Å². The molecule has 2 N–H and O–H groups in total. The lowest BCUT2D eigenvalue weighted by atomic mass is 9.94. The third-order valence-electron chi connectivity index (χ3n) is 4.81. The summed E-state index contributed by atoms with van der Waals surface area (Å²) in [6.07, 6.45) is 3.03. The largest absolute Gasteiger partial charge is 0.364 e. The van der Waals surface area contributed by atoms with Gasteiger partial charge in [-0.3, -0.25) is 9.78 Å². The van der Waals surface area contributed by atoms with E-state index in [2.05, 4.69) is 4.98 Å². The number of hydrogen-bond acceptors (Lipinski definition) is 4. The molecule has 2 aromatic carbocycles. The van der Waals surface area contributed by atoms with E-state index < -0.39 is 15.7 Å². The summed E-state index contributed by atoms with van der Waals surface area (Å²) in [4.78, 5) is 16.1. The normalized spacial score (nSPS) is 12.5. The summed E-state index contributed by atoms with van der Waals surface area (Å²) >= 11 is 0. The summed E-state index contributed by atoms with van der Waals surface area (Å²) in [5, 5.41) is 0. The number of pyridine rings is 1. The first-order valence-electron chi connectivity index (χ1n) is 8.61. The van der Waals surface area contributed by atoms with Gasteiger partial charge < -0.3 is 5.73 Å². The topological polar surface area (TPSA) is 90.1 Å². The van der Waals surface area contributed by atoms with Crippen molar-refractivity contribution in [3.8, 4) is 22.3 Å². The molecule has 0 unspecified atom stereocenters. The van der Waals surface area contributed by atoms with E-state index in [9.17, 15) is 17.6 Å². The van der Waals surface area contributed by atoms with E-state index in [-0.39, 0.29) is 17.3 Å². The van der Waals surface area contributed by atoms with E-state index in [0.717, 1.165) is 16.7 Å². The molecule has 28 heavy (non-hydrogen) atoms. The van der Waals surface area contributed by atoms with Crippen molar-refractivity contribution >= 4 is 15.7 Å².